The largest absolute Gasteiger partial charge is 0.444 e. The van der Waals surface area contributed by atoms with Gasteiger partial charge in [0.25, 0.3) is 0 Å². The van der Waals surface area contributed by atoms with Gasteiger partial charge in [-0.25, -0.2) is 4.79 Å². The minimum absolute atomic E-state index is 0. The van der Waals surface area contributed by atoms with Gasteiger partial charge in [0.15, 0.2) is 0 Å². The summed E-state index contributed by atoms with van der Waals surface area (Å²) >= 11 is 0. The van der Waals surface area contributed by atoms with E-state index in [1.54, 1.807) is 4.90 Å². The lowest BCUT2D eigenvalue weighted by Crippen LogP contribution is -2.41. The van der Waals surface area contributed by atoms with Crippen LogP contribution in [0.3, 0.4) is 0 Å². The Bertz CT molecular complexity index is 238. The van der Waals surface area contributed by atoms with E-state index in [9.17, 15) is 9.59 Å². The fraction of sp³-hybridized carbons (Fsp3) is 0.800. The Labute approximate surface area is 96.4 Å². The van der Waals surface area contributed by atoms with Gasteiger partial charge in [-0.05, 0) is 20.8 Å². The number of nitrogens with zero attached hydrogens (tertiary/aromatic N) is 1. The first-order chi connectivity index (χ1) is 6.38. The van der Waals surface area contributed by atoms with E-state index < -0.39 is 5.60 Å². The minimum atomic E-state index is -0.460. The predicted octanol–water partition coefficient (Wildman–Crippen LogP) is 2.01. The number of carbonyl (C=O) groups is 2. The maximum atomic E-state index is 11.5. The van der Waals surface area contributed by atoms with Crippen molar-refractivity contribution < 1.29 is 14.3 Å². The average molecular weight is 236 g/mol. The van der Waals surface area contributed by atoms with Crippen LogP contribution in [0.4, 0.5) is 4.79 Å². The van der Waals surface area contributed by atoms with Crippen LogP contribution < -0.4 is 0 Å². The van der Waals surface area contributed by atoms with Gasteiger partial charge >= 0.3 is 6.09 Å². The summed E-state index contributed by atoms with van der Waals surface area (Å²) < 4.78 is 5.19. The third-order valence-electron chi connectivity index (χ3n) is 1.97. The Kier molecular flexibility index (Phi) is 5.08. The van der Waals surface area contributed by atoms with Gasteiger partial charge in [0.1, 0.15) is 11.4 Å². The second-order valence-electron chi connectivity index (χ2n) is 4.51. The van der Waals surface area contributed by atoms with Gasteiger partial charge < -0.3 is 9.64 Å². The number of carbonyl (C=O) groups excluding carboxylic acids is 2. The molecule has 0 atom stereocenters. The molecule has 88 valence electrons. The summed E-state index contributed by atoms with van der Waals surface area (Å²) in [5.74, 6) is 0.227. The van der Waals surface area contributed by atoms with Gasteiger partial charge in [0, 0.05) is 25.9 Å². The van der Waals surface area contributed by atoms with Crippen molar-refractivity contribution in [3.05, 3.63) is 0 Å². The van der Waals surface area contributed by atoms with E-state index in [0.29, 0.717) is 25.9 Å². The highest BCUT2D eigenvalue weighted by Crippen LogP contribution is 2.13. The molecular formula is C10H18ClNO3. The summed E-state index contributed by atoms with van der Waals surface area (Å²) in [6.45, 7) is 6.49. The zero-order valence-electron chi connectivity index (χ0n) is 9.41. The highest BCUT2D eigenvalue weighted by Gasteiger charge is 2.25. The van der Waals surface area contributed by atoms with Crippen LogP contribution in [0.15, 0.2) is 0 Å². The van der Waals surface area contributed by atoms with Crippen molar-refractivity contribution in [2.45, 2.75) is 39.2 Å². The number of ketones is 1. The number of hydrogen-bond acceptors (Lipinski definition) is 3. The summed E-state index contributed by atoms with van der Waals surface area (Å²) in [6, 6.07) is 0. The van der Waals surface area contributed by atoms with Gasteiger partial charge in [-0.1, -0.05) is 0 Å². The van der Waals surface area contributed by atoms with Crippen molar-refractivity contribution in [2.24, 2.45) is 0 Å². The molecule has 1 fully saturated rings. The molecule has 1 rings (SSSR count). The van der Waals surface area contributed by atoms with Crippen molar-refractivity contribution in [3.63, 3.8) is 0 Å². The molecule has 0 N–H and O–H groups in total. The lowest BCUT2D eigenvalue weighted by molar-refractivity contribution is -0.121. The van der Waals surface area contributed by atoms with Crippen LogP contribution in [0.25, 0.3) is 0 Å². The lowest BCUT2D eigenvalue weighted by atomic mass is 10.1. The number of piperidine rings is 1. The second kappa shape index (κ2) is 5.35. The molecule has 15 heavy (non-hydrogen) atoms. The lowest BCUT2D eigenvalue weighted by Gasteiger charge is -2.29. The standard InChI is InChI=1S/C10H17NO3.ClH/c1-10(2,3)14-9(13)11-6-4-8(12)5-7-11;/h4-7H2,1-3H3;1H. The molecule has 5 heteroatoms. The number of Topliss-reactive ketones (excluding diaryl/α,β-unsaturated/α-hetero) is 1. The SMILES string of the molecule is CC(C)(C)OC(=O)N1CCC(=O)CC1.Cl. The van der Waals surface area contributed by atoms with Crippen LogP contribution in [-0.2, 0) is 9.53 Å². The molecule has 0 aromatic rings. The molecule has 1 aliphatic rings. The maximum Gasteiger partial charge on any atom is 0.410 e. The van der Waals surface area contributed by atoms with Gasteiger partial charge in [0.05, 0.1) is 0 Å². The normalized spacial score (nSPS) is 17.0. The first-order valence-electron chi connectivity index (χ1n) is 4.88. The summed E-state index contributed by atoms with van der Waals surface area (Å²) in [4.78, 5) is 24.0. The minimum Gasteiger partial charge on any atom is -0.444 e. The molecule has 1 amide bonds. The smallest absolute Gasteiger partial charge is 0.410 e. The Morgan fingerprint density at radius 2 is 1.73 bits per heavy atom. The molecule has 0 radical (unpaired) electrons. The van der Waals surface area contributed by atoms with Crippen LogP contribution in [0, 0.1) is 0 Å². The number of halogens is 1. The van der Waals surface area contributed by atoms with E-state index in [1.165, 1.54) is 0 Å². The summed E-state index contributed by atoms with van der Waals surface area (Å²) in [5, 5.41) is 0. The van der Waals surface area contributed by atoms with Crippen molar-refractivity contribution in [1.82, 2.24) is 4.90 Å². The zero-order chi connectivity index (χ0) is 10.8. The molecule has 0 aliphatic carbocycles. The van der Waals surface area contributed by atoms with Gasteiger partial charge in [-0.2, -0.15) is 0 Å². The van der Waals surface area contributed by atoms with E-state index in [0.717, 1.165) is 0 Å². The van der Waals surface area contributed by atoms with E-state index in [2.05, 4.69) is 0 Å². The highest BCUT2D eigenvalue weighted by molar-refractivity contribution is 5.85. The summed E-state index contributed by atoms with van der Waals surface area (Å²) in [6.07, 6.45) is 0.600. The summed E-state index contributed by atoms with van der Waals surface area (Å²) in [5.41, 5.74) is -0.460. The Hall–Kier alpha value is -0.770. The third-order valence-corrected chi connectivity index (χ3v) is 1.97. The summed E-state index contributed by atoms with van der Waals surface area (Å²) in [7, 11) is 0. The highest BCUT2D eigenvalue weighted by atomic mass is 35.5. The quantitative estimate of drug-likeness (QED) is 0.645. The maximum absolute atomic E-state index is 11.5. The monoisotopic (exact) mass is 235 g/mol. The van der Waals surface area contributed by atoms with E-state index in [1.807, 2.05) is 20.8 Å². The van der Waals surface area contributed by atoms with Crippen molar-refractivity contribution in [2.75, 3.05) is 13.1 Å². The van der Waals surface area contributed by atoms with Gasteiger partial charge in [-0.3, -0.25) is 4.79 Å². The molecule has 0 spiro atoms. The van der Waals surface area contributed by atoms with Crippen molar-refractivity contribution >= 4 is 24.3 Å². The van der Waals surface area contributed by atoms with Crippen LogP contribution in [-0.4, -0.2) is 35.5 Å². The van der Waals surface area contributed by atoms with Crippen molar-refractivity contribution in [3.8, 4) is 0 Å². The molecule has 4 nitrogen and oxygen atoms in total. The van der Waals surface area contributed by atoms with Crippen LogP contribution in [0.1, 0.15) is 33.6 Å². The molecular weight excluding hydrogens is 218 g/mol. The second-order valence-corrected chi connectivity index (χ2v) is 4.51. The Morgan fingerprint density at radius 1 is 1.27 bits per heavy atom. The average Bonchev–Trinajstić information content (AvgIpc) is 2.02. The predicted molar refractivity (Wildman–Crippen MR) is 59.3 cm³/mol. The van der Waals surface area contributed by atoms with Crippen molar-refractivity contribution in [1.29, 1.82) is 0 Å². The number of amides is 1. The molecule has 0 unspecified atom stereocenters. The van der Waals surface area contributed by atoms with E-state index >= 15 is 0 Å². The number of hydrogen-bond donors (Lipinski definition) is 0. The topological polar surface area (TPSA) is 46.6 Å². The van der Waals surface area contributed by atoms with E-state index in [4.69, 9.17) is 4.74 Å². The molecule has 0 aromatic heterocycles. The zero-order valence-corrected chi connectivity index (χ0v) is 10.2. The van der Waals surface area contributed by atoms with E-state index in [-0.39, 0.29) is 24.3 Å². The first-order valence-corrected chi connectivity index (χ1v) is 4.88. The number of rotatable bonds is 0. The van der Waals surface area contributed by atoms with Crippen LogP contribution in [0.5, 0.6) is 0 Å². The molecule has 0 bridgehead atoms. The van der Waals surface area contributed by atoms with Crippen LogP contribution >= 0.6 is 12.4 Å². The molecule has 0 aromatic carbocycles. The fourth-order valence-electron chi connectivity index (χ4n) is 1.27. The fourth-order valence-corrected chi connectivity index (χ4v) is 1.27. The third kappa shape index (κ3) is 5.02. The Morgan fingerprint density at radius 3 is 2.13 bits per heavy atom. The van der Waals surface area contributed by atoms with Crippen LogP contribution in [0.2, 0.25) is 0 Å². The number of ether oxygens (including phenoxy) is 1. The molecule has 1 aliphatic heterocycles. The Balaban J connectivity index is 0.00000196. The van der Waals surface area contributed by atoms with Gasteiger partial charge in [-0.15, -0.1) is 12.4 Å². The molecule has 0 saturated carbocycles. The molecule has 1 heterocycles. The first kappa shape index (κ1) is 14.2. The van der Waals surface area contributed by atoms with Gasteiger partial charge in [0.2, 0.25) is 0 Å². The number of likely N-dealkylation sites (tertiary alicyclic amines) is 1. The molecule has 1 saturated heterocycles.